The lowest BCUT2D eigenvalue weighted by Gasteiger charge is -2.20. The van der Waals surface area contributed by atoms with Gasteiger partial charge in [0, 0.05) is 5.56 Å². The van der Waals surface area contributed by atoms with E-state index in [2.05, 4.69) is 38.2 Å². The van der Waals surface area contributed by atoms with E-state index in [1.807, 2.05) is 30.3 Å². The Morgan fingerprint density at radius 1 is 1.00 bits per heavy atom. The third-order valence-corrected chi connectivity index (χ3v) is 5.23. The molecular formula is C23H23NO2. The van der Waals surface area contributed by atoms with Crippen LogP contribution in [0.25, 0.3) is 10.8 Å². The summed E-state index contributed by atoms with van der Waals surface area (Å²) >= 11 is 0. The topological polar surface area (TPSA) is 49.3 Å². The Labute approximate surface area is 153 Å². The fraction of sp³-hybridized carbons (Fsp3) is 0.261. The van der Waals surface area contributed by atoms with Crippen LogP contribution in [0, 0.1) is 0 Å². The summed E-state index contributed by atoms with van der Waals surface area (Å²) in [6.07, 6.45) is 2.07. The first-order chi connectivity index (χ1) is 12.3. The van der Waals surface area contributed by atoms with Crippen molar-refractivity contribution in [1.29, 1.82) is 0 Å². The number of rotatable bonds is 2. The highest BCUT2D eigenvalue weighted by Crippen LogP contribution is 2.34. The van der Waals surface area contributed by atoms with E-state index in [1.165, 1.54) is 16.5 Å². The quantitative estimate of drug-likeness (QED) is 0.628. The summed E-state index contributed by atoms with van der Waals surface area (Å²) in [6.45, 7) is 6.32. The molecule has 0 spiro atoms. The summed E-state index contributed by atoms with van der Waals surface area (Å²) < 4.78 is 0. The van der Waals surface area contributed by atoms with Gasteiger partial charge in [-0.15, -0.1) is 0 Å². The largest absolute Gasteiger partial charge is 0.506 e. The summed E-state index contributed by atoms with van der Waals surface area (Å²) in [5, 5.41) is 15.3. The Morgan fingerprint density at radius 3 is 2.46 bits per heavy atom. The Balaban J connectivity index is 1.74. The fourth-order valence-electron chi connectivity index (χ4n) is 3.74. The molecule has 3 aromatic rings. The molecule has 4 rings (SSSR count). The van der Waals surface area contributed by atoms with Crippen LogP contribution in [-0.2, 0) is 18.3 Å². The van der Waals surface area contributed by atoms with Crippen molar-refractivity contribution in [1.82, 2.24) is 0 Å². The van der Waals surface area contributed by atoms with Crippen LogP contribution >= 0.6 is 0 Å². The van der Waals surface area contributed by atoms with E-state index in [0.29, 0.717) is 11.3 Å². The van der Waals surface area contributed by atoms with Gasteiger partial charge in [0.1, 0.15) is 5.75 Å². The number of hydrogen-bond acceptors (Lipinski definition) is 2. The van der Waals surface area contributed by atoms with Gasteiger partial charge in [0.25, 0.3) is 5.91 Å². The van der Waals surface area contributed by atoms with Gasteiger partial charge in [-0.05, 0) is 63.9 Å². The number of phenolic OH excluding ortho intramolecular Hbond substituents is 1. The van der Waals surface area contributed by atoms with Crippen LogP contribution in [0.5, 0.6) is 5.75 Å². The monoisotopic (exact) mass is 345 g/mol. The molecular weight excluding hydrogens is 322 g/mol. The molecule has 3 aromatic carbocycles. The molecule has 2 N–H and O–H groups in total. The zero-order valence-corrected chi connectivity index (χ0v) is 15.4. The van der Waals surface area contributed by atoms with Crippen molar-refractivity contribution in [3.63, 3.8) is 0 Å². The first-order valence-electron chi connectivity index (χ1n) is 9.03. The fourth-order valence-corrected chi connectivity index (χ4v) is 3.74. The summed E-state index contributed by atoms with van der Waals surface area (Å²) in [6, 6.07) is 15.5. The first kappa shape index (κ1) is 16.6. The minimum Gasteiger partial charge on any atom is -0.506 e. The van der Waals surface area contributed by atoms with Gasteiger partial charge < -0.3 is 10.4 Å². The SMILES string of the molecule is CC(C)(C)c1ccc(O)c(NC(=O)c2ccc3c4c(cccc24)CC3)c1. The van der Waals surface area contributed by atoms with Crippen molar-refractivity contribution in [2.75, 3.05) is 5.32 Å². The van der Waals surface area contributed by atoms with E-state index in [9.17, 15) is 9.90 Å². The van der Waals surface area contributed by atoms with Crippen LogP contribution in [0.3, 0.4) is 0 Å². The van der Waals surface area contributed by atoms with E-state index < -0.39 is 0 Å². The molecule has 132 valence electrons. The smallest absolute Gasteiger partial charge is 0.256 e. The van der Waals surface area contributed by atoms with Crippen molar-refractivity contribution in [2.24, 2.45) is 0 Å². The van der Waals surface area contributed by atoms with Gasteiger partial charge >= 0.3 is 0 Å². The number of carbonyl (C=O) groups is 1. The molecule has 3 heteroatoms. The van der Waals surface area contributed by atoms with Crippen molar-refractivity contribution in [3.05, 3.63) is 70.8 Å². The third kappa shape index (κ3) is 2.74. The molecule has 0 heterocycles. The number of aryl methyl sites for hydroxylation is 2. The Bertz CT molecular complexity index is 1020. The number of benzene rings is 3. The number of carbonyl (C=O) groups excluding carboxylic acids is 1. The van der Waals surface area contributed by atoms with Gasteiger partial charge in [-0.25, -0.2) is 0 Å². The molecule has 0 radical (unpaired) electrons. The van der Waals surface area contributed by atoms with Crippen LogP contribution < -0.4 is 5.32 Å². The van der Waals surface area contributed by atoms with Gasteiger partial charge in [0.15, 0.2) is 0 Å². The van der Waals surface area contributed by atoms with Gasteiger partial charge in [-0.3, -0.25) is 4.79 Å². The lowest BCUT2D eigenvalue weighted by molar-refractivity contribution is 0.102. The van der Waals surface area contributed by atoms with E-state index in [1.54, 1.807) is 6.07 Å². The van der Waals surface area contributed by atoms with E-state index >= 15 is 0 Å². The second kappa shape index (κ2) is 5.87. The molecule has 0 unspecified atom stereocenters. The summed E-state index contributed by atoms with van der Waals surface area (Å²) in [5.74, 6) is -0.112. The second-order valence-electron chi connectivity index (χ2n) is 8.05. The average Bonchev–Trinajstić information content (AvgIpc) is 3.01. The van der Waals surface area contributed by atoms with Gasteiger partial charge in [0.05, 0.1) is 5.69 Å². The highest BCUT2D eigenvalue weighted by Gasteiger charge is 2.20. The third-order valence-electron chi connectivity index (χ3n) is 5.23. The molecule has 1 aliphatic carbocycles. The van der Waals surface area contributed by atoms with Crippen LogP contribution in [0.15, 0.2) is 48.5 Å². The molecule has 0 saturated heterocycles. The Morgan fingerprint density at radius 2 is 1.73 bits per heavy atom. The number of aromatic hydroxyl groups is 1. The van der Waals surface area contributed by atoms with Crippen LogP contribution in [-0.4, -0.2) is 11.0 Å². The molecule has 0 bridgehead atoms. The lowest BCUT2D eigenvalue weighted by atomic mass is 9.87. The van der Waals surface area contributed by atoms with Crippen molar-refractivity contribution >= 4 is 22.4 Å². The maximum absolute atomic E-state index is 13.0. The molecule has 0 fully saturated rings. The van der Waals surface area contributed by atoms with Gasteiger partial charge in [-0.1, -0.05) is 51.1 Å². The summed E-state index contributed by atoms with van der Waals surface area (Å²) in [5.41, 5.74) is 4.72. The highest BCUT2D eigenvalue weighted by atomic mass is 16.3. The predicted octanol–water partition coefficient (Wildman–Crippen LogP) is 5.19. The Kier molecular flexibility index (Phi) is 3.76. The number of amides is 1. The Hall–Kier alpha value is -2.81. The van der Waals surface area contributed by atoms with E-state index in [0.717, 1.165) is 23.8 Å². The number of anilines is 1. The maximum Gasteiger partial charge on any atom is 0.256 e. The molecule has 0 aromatic heterocycles. The molecule has 26 heavy (non-hydrogen) atoms. The average molecular weight is 345 g/mol. The van der Waals surface area contributed by atoms with Crippen LogP contribution in [0.1, 0.15) is 47.8 Å². The zero-order valence-electron chi connectivity index (χ0n) is 15.4. The molecule has 0 saturated carbocycles. The molecule has 3 nitrogen and oxygen atoms in total. The number of hydrogen-bond donors (Lipinski definition) is 2. The van der Waals surface area contributed by atoms with E-state index in [-0.39, 0.29) is 17.1 Å². The molecule has 1 aliphatic rings. The van der Waals surface area contributed by atoms with Crippen LogP contribution in [0.4, 0.5) is 5.69 Å². The zero-order chi connectivity index (χ0) is 18.5. The van der Waals surface area contributed by atoms with Crippen molar-refractivity contribution in [3.8, 4) is 5.75 Å². The standard InChI is InChI=1S/C23H23NO2/c1-23(2,3)16-10-12-20(25)19(13-16)24-22(26)18-11-9-15-8-7-14-5-4-6-17(18)21(14)15/h4-6,9-13,25H,7-8H2,1-3H3,(H,24,26). The predicted molar refractivity (Wildman–Crippen MR) is 106 cm³/mol. The summed E-state index contributed by atoms with van der Waals surface area (Å²) in [4.78, 5) is 13.0. The number of phenols is 1. The van der Waals surface area contributed by atoms with Crippen molar-refractivity contribution < 1.29 is 9.90 Å². The molecule has 1 amide bonds. The lowest BCUT2D eigenvalue weighted by Crippen LogP contribution is -2.15. The molecule has 0 atom stereocenters. The minimum atomic E-state index is -0.193. The minimum absolute atomic E-state index is 0.0603. The van der Waals surface area contributed by atoms with Gasteiger partial charge in [-0.2, -0.15) is 0 Å². The number of nitrogens with one attached hydrogen (secondary N) is 1. The maximum atomic E-state index is 13.0. The van der Waals surface area contributed by atoms with Crippen LogP contribution in [0.2, 0.25) is 0 Å². The van der Waals surface area contributed by atoms with Crippen molar-refractivity contribution in [2.45, 2.75) is 39.0 Å². The second-order valence-corrected chi connectivity index (χ2v) is 8.05. The highest BCUT2D eigenvalue weighted by molar-refractivity contribution is 6.14. The first-order valence-corrected chi connectivity index (χ1v) is 9.03. The van der Waals surface area contributed by atoms with E-state index in [4.69, 9.17) is 0 Å². The normalized spacial score (nSPS) is 13.2. The van der Waals surface area contributed by atoms with Gasteiger partial charge in [0.2, 0.25) is 0 Å². The molecule has 0 aliphatic heterocycles. The summed E-state index contributed by atoms with van der Waals surface area (Å²) in [7, 11) is 0.